The maximum Gasteiger partial charge on any atom is 0.228 e. The van der Waals surface area contributed by atoms with Gasteiger partial charge in [0.05, 0.1) is 17.9 Å². The van der Waals surface area contributed by atoms with E-state index < -0.39 is 0 Å². The fraction of sp³-hybridized carbons (Fsp3) is 0.500. The van der Waals surface area contributed by atoms with E-state index in [4.69, 9.17) is 16.3 Å². The topological polar surface area (TPSA) is 38.3 Å². The van der Waals surface area contributed by atoms with Crippen LogP contribution in [0.15, 0.2) is 16.6 Å². The Labute approximate surface area is 125 Å². The standard InChI is InChI=1S/C14H15BrClNO2/c15-10-7-11-8(6-13(18)17-11)5-9(10)14(16)12-3-1-2-4-19-12/h5,7,12,14H,1-4,6H2,(H,17,18). The van der Waals surface area contributed by atoms with Crippen molar-refractivity contribution in [3.05, 3.63) is 27.7 Å². The average Bonchev–Trinajstić information content (AvgIpc) is 2.77. The molecule has 0 aromatic heterocycles. The molecule has 1 saturated heterocycles. The highest BCUT2D eigenvalue weighted by molar-refractivity contribution is 9.10. The summed E-state index contributed by atoms with van der Waals surface area (Å²) in [5, 5.41) is 2.67. The maximum atomic E-state index is 11.4. The first-order valence-electron chi connectivity index (χ1n) is 6.53. The van der Waals surface area contributed by atoms with Crippen molar-refractivity contribution in [1.82, 2.24) is 0 Å². The summed E-state index contributed by atoms with van der Waals surface area (Å²) >= 11 is 10.1. The SMILES string of the molecule is O=C1Cc2cc(C(Cl)C3CCCCO3)c(Br)cc2N1. The van der Waals surface area contributed by atoms with Gasteiger partial charge in [0.25, 0.3) is 0 Å². The number of anilines is 1. The van der Waals surface area contributed by atoms with Gasteiger partial charge in [0, 0.05) is 16.8 Å². The molecule has 5 heteroatoms. The first-order valence-corrected chi connectivity index (χ1v) is 7.76. The van der Waals surface area contributed by atoms with Gasteiger partial charge in [-0.05, 0) is 36.5 Å². The predicted molar refractivity (Wildman–Crippen MR) is 78.7 cm³/mol. The fourth-order valence-electron chi connectivity index (χ4n) is 2.68. The largest absolute Gasteiger partial charge is 0.376 e. The van der Waals surface area contributed by atoms with Crippen LogP contribution in [0.3, 0.4) is 0 Å². The molecule has 3 nitrogen and oxygen atoms in total. The lowest BCUT2D eigenvalue weighted by Gasteiger charge is -2.27. The molecule has 1 amide bonds. The molecule has 2 aliphatic rings. The van der Waals surface area contributed by atoms with E-state index in [1.807, 2.05) is 12.1 Å². The molecule has 0 aliphatic carbocycles. The Morgan fingerprint density at radius 3 is 3.00 bits per heavy atom. The van der Waals surface area contributed by atoms with Crippen LogP contribution in [-0.2, 0) is 16.0 Å². The van der Waals surface area contributed by atoms with Crippen LogP contribution in [-0.4, -0.2) is 18.6 Å². The number of hydrogen-bond donors (Lipinski definition) is 1. The van der Waals surface area contributed by atoms with Gasteiger partial charge in [0.2, 0.25) is 5.91 Å². The molecule has 1 aromatic carbocycles. The van der Waals surface area contributed by atoms with Crippen molar-refractivity contribution in [1.29, 1.82) is 0 Å². The molecule has 2 unspecified atom stereocenters. The highest BCUT2D eigenvalue weighted by atomic mass is 79.9. The zero-order valence-corrected chi connectivity index (χ0v) is 12.8. The number of benzene rings is 1. The molecule has 2 heterocycles. The molecule has 0 spiro atoms. The van der Waals surface area contributed by atoms with Gasteiger partial charge in [-0.25, -0.2) is 0 Å². The Morgan fingerprint density at radius 2 is 2.26 bits per heavy atom. The number of amides is 1. The lowest BCUT2D eigenvalue weighted by atomic mass is 9.98. The quantitative estimate of drug-likeness (QED) is 0.829. The van der Waals surface area contributed by atoms with Gasteiger partial charge in [0.1, 0.15) is 0 Å². The number of halogens is 2. The van der Waals surface area contributed by atoms with E-state index in [1.54, 1.807) is 0 Å². The first-order chi connectivity index (χ1) is 9.15. The molecule has 0 bridgehead atoms. The van der Waals surface area contributed by atoms with Crippen LogP contribution < -0.4 is 5.32 Å². The minimum absolute atomic E-state index is 0.0408. The van der Waals surface area contributed by atoms with Crippen molar-refractivity contribution in [3.63, 3.8) is 0 Å². The van der Waals surface area contributed by atoms with Gasteiger partial charge < -0.3 is 10.1 Å². The molecule has 3 rings (SSSR count). The highest BCUT2D eigenvalue weighted by Gasteiger charge is 2.28. The predicted octanol–water partition coefficient (Wildman–Crippen LogP) is 3.79. The average molecular weight is 345 g/mol. The van der Waals surface area contributed by atoms with Crippen molar-refractivity contribution in [2.75, 3.05) is 11.9 Å². The van der Waals surface area contributed by atoms with E-state index in [2.05, 4.69) is 21.2 Å². The summed E-state index contributed by atoms with van der Waals surface area (Å²) < 4.78 is 6.69. The summed E-state index contributed by atoms with van der Waals surface area (Å²) in [6.07, 6.45) is 3.77. The summed E-state index contributed by atoms with van der Waals surface area (Å²) in [5.74, 6) is 0.0408. The second-order valence-electron chi connectivity index (χ2n) is 5.06. The minimum Gasteiger partial charge on any atom is -0.376 e. The van der Waals surface area contributed by atoms with Gasteiger partial charge >= 0.3 is 0 Å². The van der Waals surface area contributed by atoms with Crippen LogP contribution in [0.1, 0.15) is 35.8 Å². The van der Waals surface area contributed by atoms with Crippen molar-refractivity contribution in [3.8, 4) is 0 Å². The summed E-state index contributed by atoms with van der Waals surface area (Å²) in [5.41, 5.74) is 2.92. The number of fused-ring (bicyclic) bond motifs is 1. The van der Waals surface area contributed by atoms with Gasteiger partial charge in [-0.1, -0.05) is 22.0 Å². The smallest absolute Gasteiger partial charge is 0.228 e. The normalized spacial score (nSPS) is 23.9. The number of ether oxygens (including phenoxy) is 1. The molecule has 102 valence electrons. The van der Waals surface area contributed by atoms with Crippen molar-refractivity contribution in [2.24, 2.45) is 0 Å². The Bertz CT molecular complexity index is 514. The van der Waals surface area contributed by atoms with E-state index >= 15 is 0 Å². The number of alkyl halides is 1. The molecule has 1 N–H and O–H groups in total. The summed E-state index contributed by atoms with van der Waals surface area (Å²) in [7, 11) is 0. The zero-order valence-electron chi connectivity index (χ0n) is 10.4. The Hall–Kier alpha value is -0.580. The third-order valence-electron chi connectivity index (χ3n) is 3.69. The highest BCUT2D eigenvalue weighted by Crippen LogP contribution is 2.39. The molecular weight excluding hydrogens is 330 g/mol. The Morgan fingerprint density at radius 1 is 1.42 bits per heavy atom. The molecule has 1 fully saturated rings. The van der Waals surface area contributed by atoms with Crippen LogP contribution in [0.2, 0.25) is 0 Å². The van der Waals surface area contributed by atoms with Gasteiger partial charge in [-0.15, -0.1) is 11.6 Å². The minimum atomic E-state index is -0.171. The molecule has 1 aromatic rings. The lowest BCUT2D eigenvalue weighted by molar-refractivity contribution is -0.115. The van der Waals surface area contributed by atoms with Gasteiger partial charge in [0.15, 0.2) is 0 Å². The van der Waals surface area contributed by atoms with Crippen LogP contribution in [0, 0.1) is 0 Å². The van der Waals surface area contributed by atoms with Crippen LogP contribution in [0.25, 0.3) is 0 Å². The summed E-state index contributed by atoms with van der Waals surface area (Å²) in [6.45, 7) is 0.788. The lowest BCUT2D eigenvalue weighted by Crippen LogP contribution is -2.23. The number of carbonyl (C=O) groups is 1. The van der Waals surface area contributed by atoms with E-state index in [1.165, 1.54) is 0 Å². The number of rotatable bonds is 2. The number of nitrogens with one attached hydrogen (secondary N) is 1. The zero-order chi connectivity index (χ0) is 13.4. The summed E-state index contributed by atoms with van der Waals surface area (Å²) in [6, 6.07) is 3.96. The monoisotopic (exact) mass is 343 g/mol. The second-order valence-corrected chi connectivity index (χ2v) is 6.39. The van der Waals surface area contributed by atoms with Crippen LogP contribution in [0.4, 0.5) is 5.69 Å². The summed E-state index contributed by atoms with van der Waals surface area (Å²) in [4.78, 5) is 11.4. The third kappa shape index (κ3) is 2.67. The molecule has 0 saturated carbocycles. The van der Waals surface area contributed by atoms with Gasteiger partial charge in [-0.3, -0.25) is 4.79 Å². The Balaban J connectivity index is 1.88. The number of carbonyl (C=O) groups excluding carboxylic acids is 1. The molecule has 0 radical (unpaired) electrons. The number of hydrogen-bond acceptors (Lipinski definition) is 2. The fourth-order valence-corrected chi connectivity index (χ4v) is 3.78. The molecule has 2 atom stereocenters. The van der Waals surface area contributed by atoms with Crippen molar-refractivity contribution >= 4 is 39.1 Å². The van der Waals surface area contributed by atoms with Crippen molar-refractivity contribution in [2.45, 2.75) is 37.2 Å². The molecule has 19 heavy (non-hydrogen) atoms. The van der Waals surface area contributed by atoms with Gasteiger partial charge in [-0.2, -0.15) is 0 Å². The van der Waals surface area contributed by atoms with E-state index in [0.717, 1.165) is 47.2 Å². The molecular formula is C14H15BrClNO2. The Kier molecular flexibility index (Phi) is 3.83. The first kappa shape index (κ1) is 13.4. The molecule has 2 aliphatic heterocycles. The van der Waals surface area contributed by atoms with Crippen LogP contribution >= 0.6 is 27.5 Å². The van der Waals surface area contributed by atoms with Crippen molar-refractivity contribution < 1.29 is 9.53 Å². The second kappa shape index (κ2) is 5.43. The third-order valence-corrected chi connectivity index (χ3v) is 4.89. The van der Waals surface area contributed by atoms with E-state index in [0.29, 0.717) is 6.42 Å². The van der Waals surface area contributed by atoms with E-state index in [-0.39, 0.29) is 17.4 Å². The van der Waals surface area contributed by atoms with E-state index in [9.17, 15) is 4.79 Å². The maximum absolute atomic E-state index is 11.4. The van der Waals surface area contributed by atoms with Crippen LogP contribution in [0.5, 0.6) is 0 Å².